The molecule has 1 aliphatic rings. The van der Waals surface area contributed by atoms with Gasteiger partial charge in [-0.1, -0.05) is 20.8 Å². The predicted molar refractivity (Wildman–Crippen MR) is 50.2 cm³/mol. The number of quaternary nitrogens is 1. The van der Waals surface area contributed by atoms with Crippen LogP contribution in [0.5, 0.6) is 0 Å². The Kier molecular flexibility index (Phi) is 3.13. The van der Waals surface area contributed by atoms with E-state index >= 15 is 0 Å². The van der Waals surface area contributed by atoms with Crippen LogP contribution >= 0.6 is 0 Å². The number of likely N-dealkylation sites (tertiary alicyclic amines) is 1. The highest BCUT2D eigenvalue weighted by Gasteiger charge is 2.36. The lowest BCUT2D eigenvalue weighted by atomic mass is 9.86. The first-order chi connectivity index (χ1) is 5.52. The molecule has 0 amide bonds. The second-order valence-corrected chi connectivity index (χ2v) is 4.73. The lowest BCUT2D eigenvalue weighted by Crippen LogP contribution is -3.17. The van der Waals surface area contributed by atoms with Gasteiger partial charge in [0, 0.05) is 11.8 Å². The van der Waals surface area contributed by atoms with Gasteiger partial charge >= 0.3 is 0 Å². The normalized spacial score (nSPS) is 43.5. The molecule has 0 aromatic carbocycles. The van der Waals surface area contributed by atoms with Gasteiger partial charge in [0.15, 0.2) is 0 Å². The maximum Gasteiger partial charge on any atom is 0.116 e. The molecular weight excluding hydrogens is 150 g/mol. The van der Waals surface area contributed by atoms with Gasteiger partial charge in [-0.05, 0) is 6.42 Å². The zero-order chi connectivity index (χ0) is 9.30. The van der Waals surface area contributed by atoms with Crippen molar-refractivity contribution in [2.45, 2.75) is 39.3 Å². The molecule has 0 spiro atoms. The summed E-state index contributed by atoms with van der Waals surface area (Å²) in [5, 5.41) is 9.86. The fourth-order valence-electron chi connectivity index (χ4n) is 2.67. The summed E-state index contributed by atoms with van der Waals surface area (Å²) in [5.74, 6) is 1.27. The number of rotatable bonds is 1. The summed E-state index contributed by atoms with van der Waals surface area (Å²) in [6.07, 6.45) is 0.897. The molecule has 0 radical (unpaired) electrons. The quantitative estimate of drug-likeness (QED) is 0.568. The van der Waals surface area contributed by atoms with Crippen molar-refractivity contribution in [1.29, 1.82) is 0 Å². The molecule has 2 heteroatoms. The summed E-state index contributed by atoms with van der Waals surface area (Å²) in [6.45, 7) is 7.84. The van der Waals surface area contributed by atoms with Gasteiger partial charge in [0.25, 0.3) is 0 Å². The maximum atomic E-state index is 9.86. The molecule has 12 heavy (non-hydrogen) atoms. The number of likely N-dealkylation sites (N-methyl/N-ethyl adjacent to an activating group) is 1. The van der Waals surface area contributed by atoms with E-state index in [1.165, 1.54) is 11.4 Å². The minimum absolute atomic E-state index is 0.0891. The van der Waals surface area contributed by atoms with E-state index in [9.17, 15) is 5.11 Å². The summed E-state index contributed by atoms with van der Waals surface area (Å²) in [7, 11) is 2.20. The number of aliphatic hydroxyl groups excluding tert-OH is 1. The highest BCUT2D eigenvalue weighted by molar-refractivity contribution is 4.76. The Bertz CT molecular complexity index is 135. The van der Waals surface area contributed by atoms with Gasteiger partial charge in [-0.25, -0.2) is 0 Å². The predicted octanol–water partition coefficient (Wildman–Crippen LogP) is -0.0736. The number of hydrogen-bond acceptors (Lipinski definition) is 1. The third kappa shape index (κ3) is 1.99. The largest absolute Gasteiger partial charge is 0.387 e. The van der Waals surface area contributed by atoms with Gasteiger partial charge in [-0.3, -0.25) is 0 Å². The van der Waals surface area contributed by atoms with Crippen LogP contribution in [-0.2, 0) is 0 Å². The Balaban J connectivity index is 2.60. The van der Waals surface area contributed by atoms with E-state index in [1.807, 2.05) is 0 Å². The standard InChI is InChI=1S/C10H21NO/c1-7(2)10-9(12)5-8(3)6-11(10)4/h7-10,12H,5-6H2,1-4H3/p+1/t8-,9-,10+/m1/s1. The van der Waals surface area contributed by atoms with Crippen LogP contribution in [0.1, 0.15) is 27.2 Å². The first kappa shape index (κ1) is 10.0. The van der Waals surface area contributed by atoms with E-state index < -0.39 is 0 Å². The first-order valence-corrected chi connectivity index (χ1v) is 5.02. The molecule has 0 aromatic heterocycles. The number of hydrogen-bond donors (Lipinski definition) is 2. The van der Waals surface area contributed by atoms with E-state index in [0.29, 0.717) is 17.9 Å². The van der Waals surface area contributed by atoms with Gasteiger partial charge < -0.3 is 10.0 Å². The molecule has 2 N–H and O–H groups in total. The molecule has 1 fully saturated rings. The average Bonchev–Trinajstić information content (AvgIpc) is 1.82. The van der Waals surface area contributed by atoms with Crippen molar-refractivity contribution in [1.82, 2.24) is 0 Å². The van der Waals surface area contributed by atoms with Gasteiger partial charge in [-0.15, -0.1) is 0 Å². The van der Waals surface area contributed by atoms with Gasteiger partial charge in [-0.2, -0.15) is 0 Å². The SMILES string of the molecule is CC(C)[C@H]1[C@H](O)C[C@@H](C)C[NH+]1C. The summed E-state index contributed by atoms with van der Waals surface area (Å²) in [5.41, 5.74) is 0. The van der Waals surface area contributed by atoms with Gasteiger partial charge in [0.1, 0.15) is 12.1 Å². The Morgan fingerprint density at radius 3 is 2.42 bits per heavy atom. The molecule has 0 aliphatic carbocycles. The van der Waals surface area contributed by atoms with Crippen molar-refractivity contribution < 1.29 is 10.0 Å². The van der Waals surface area contributed by atoms with Crippen molar-refractivity contribution in [3.05, 3.63) is 0 Å². The van der Waals surface area contributed by atoms with Crippen LogP contribution in [0, 0.1) is 11.8 Å². The molecule has 1 rings (SSSR count). The van der Waals surface area contributed by atoms with Crippen molar-refractivity contribution >= 4 is 0 Å². The van der Waals surface area contributed by atoms with Gasteiger partial charge in [0.2, 0.25) is 0 Å². The molecule has 4 atom stereocenters. The van der Waals surface area contributed by atoms with Crippen LogP contribution in [0.3, 0.4) is 0 Å². The third-order valence-corrected chi connectivity index (χ3v) is 3.02. The van der Waals surface area contributed by atoms with Crippen LogP contribution in [0.25, 0.3) is 0 Å². The van der Waals surface area contributed by atoms with Crippen LogP contribution in [0.2, 0.25) is 0 Å². The van der Waals surface area contributed by atoms with Crippen molar-refractivity contribution in [3.8, 4) is 0 Å². The molecule has 1 saturated heterocycles. The average molecular weight is 172 g/mol. The number of piperidine rings is 1. The number of nitrogens with one attached hydrogen (secondary N) is 1. The van der Waals surface area contributed by atoms with Crippen molar-refractivity contribution in [2.24, 2.45) is 11.8 Å². The second-order valence-electron chi connectivity index (χ2n) is 4.73. The summed E-state index contributed by atoms with van der Waals surface area (Å²) in [6, 6.07) is 0.446. The lowest BCUT2D eigenvalue weighted by Gasteiger charge is -2.38. The Morgan fingerprint density at radius 2 is 2.00 bits per heavy atom. The maximum absolute atomic E-state index is 9.86. The zero-order valence-corrected chi connectivity index (χ0v) is 8.67. The molecule has 0 aromatic rings. The molecule has 72 valence electrons. The molecule has 1 unspecified atom stereocenters. The Labute approximate surface area is 75.6 Å². The zero-order valence-electron chi connectivity index (χ0n) is 8.67. The number of aliphatic hydroxyl groups is 1. The summed E-state index contributed by atoms with van der Waals surface area (Å²) < 4.78 is 0. The first-order valence-electron chi connectivity index (χ1n) is 5.02. The summed E-state index contributed by atoms with van der Waals surface area (Å²) >= 11 is 0. The Morgan fingerprint density at radius 1 is 1.42 bits per heavy atom. The third-order valence-electron chi connectivity index (χ3n) is 3.02. The van der Waals surface area contributed by atoms with E-state index in [1.54, 1.807) is 0 Å². The topological polar surface area (TPSA) is 24.7 Å². The monoisotopic (exact) mass is 172 g/mol. The molecule has 1 aliphatic heterocycles. The molecular formula is C10H22NO+. The molecule has 0 saturated carbocycles. The van der Waals surface area contributed by atoms with Crippen LogP contribution in [0.4, 0.5) is 0 Å². The highest BCUT2D eigenvalue weighted by atomic mass is 16.3. The van der Waals surface area contributed by atoms with E-state index in [2.05, 4.69) is 27.8 Å². The fraction of sp³-hybridized carbons (Fsp3) is 1.00. The van der Waals surface area contributed by atoms with E-state index in [0.717, 1.165) is 6.42 Å². The molecule has 0 bridgehead atoms. The highest BCUT2D eigenvalue weighted by Crippen LogP contribution is 2.15. The van der Waals surface area contributed by atoms with Crippen LogP contribution in [0.15, 0.2) is 0 Å². The second kappa shape index (κ2) is 3.75. The van der Waals surface area contributed by atoms with Crippen molar-refractivity contribution in [3.63, 3.8) is 0 Å². The summed E-state index contributed by atoms with van der Waals surface area (Å²) in [4.78, 5) is 1.50. The fourth-order valence-corrected chi connectivity index (χ4v) is 2.67. The minimum atomic E-state index is -0.0891. The van der Waals surface area contributed by atoms with E-state index in [4.69, 9.17) is 0 Å². The smallest absolute Gasteiger partial charge is 0.116 e. The van der Waals surface area contributed by atoms with Gasteiger partial charge in [0.05, 0.1) is 13.6 Å². The minimum Gasteiger partial charge on any atom is -0.387 e. The molecule has 2 nitrogen and oxygen atoms in total. The van der Waals surface area contributed by atoms with E-state index in [-0.39, 0.29) is 6.10 Å². The Hall–Kier alpha value is -0.0800. The molecule has 1 heterocycles. The van der Waals surface area contributed by atoms with Crippen LogP contribution < -0.4 is 4.90 Å². The van der Waals surface area contributed by atoms with Crippen molar-refractivity contribution in [2.75, 3.05) is 13.6 Å². The lowest BCUT2D eigenvalue weighted by molar-refractivity contribution is -0.922. The van der Waals surface area contributed by atoms with Crippen LogP contribution in [-0.4, -0.2) is 30.8 Å².